The number of rotatable bonds is 0. The molecule has 3 N–H and O–H groups in total. The van der Waals surface area contributed by atoms with Crippen LogP contribution < -0.4 is 0 Å². The van der Waals surface area contributed by atoms with Gasteiger partial charge in [-0.05, 0) is 0 Å². The maximum Gasteiger partial charge on any atom is 0.466 e. The highest BCUT2D eigenvalue weighted by molar-refractivity contribution is 7.45. The Morgan fingerprint density at radius 2 is 1.50 bits per heavy atom. The van der Waals surface area contributed by atoms with Crippen LogP contribution in [0.2, 0.25) is 0 Å². The van der Waals surface area contributed by atoms with Gasteiger partial charge in [0.2, 0.25) is 0 Å². The predicted molar refractivity (Wildman–Crippen MR) is 34.4 cm³/mol. The predicted octanol–water partition coefficient (Wildman–Crippen LogP) is -1.43. The van der Waals surface area contributed by atoms with Crippen molar-refractivity contribution in [2.24, 2.45) is 0 Å². The quantitative estimate of drug-likeness (QED) is 0.297. The van der Waals surface area contributed by atoms with Crippen LogP contribution in [0.5, 0.6) is 0 Å². The summed E-state index contributed by atoms with van der Waals surface area (Å²) in [7, 11) is -3.51. The molecule has 0 rings (SSSR count). The van der Waals surface area contributed by atoms with Crippen molar-refractivity contribution in [2.75, 3.05) is 0 Å². The third-order valence-corrected chi connectivity index (χ3v) is 0. The van der Waals surface area contributed by atoms with Gasteiger partial charge in [0.05, 0.1) is 0 Å². The molecule has 0 spiro atoms. The van der Waals surface area contributed by atoms with Crippen LogP contribution in [0, 0.1) is 0 Å². The molecule has 0 radical (unpaired) electrons. The monoisotopic (exact) mass is 156 g/mol. The first kappa shape index (κ1) is 10.9. The maximum atomic E-state index is 8.88. The highest BCUT2D eigenvalue weighted by atomic mass is 31.2. The van der Waals surface area contributed by atoms with Crippen LogP contribution >= 0.6 is 7.82 Å². The molecule has 0 fully saturated rings. The Labute approximate surface area is 50.5 Å². The van der Waals surface area contributed by atoms with Crippen LogP contribution in [-0.4, -0.2) is 24.9 Å². The molecule has 50 valence electrons. The van der Waals surface area contributed by atoms with E-state index in [0.29, 0.717) is 0 Å². The molecule has 0 heterocycles. The minimum atomic E-state index is -4.64. The van der Waals surface area contributed by atoms with Crippen LogP contribution in [0.15, 0.2) is 12.3 Å². The summed E-state index contributed by atoms with van der Waals surface area (Å²) in [6.45, 7) is 3.42. The molecule has 0 saturated carbocycles. The summed E-state index contributed by atoms with van der Waals surface area (Å²) in [6.07, 6.45) is 0. The van der Waals surface area contributed by atoms with E-state index in [2.05, 4.69) is 6.58 Å². The average molecular weight is 156 g/mol. The lowest BCUT2D eigenvalue weighted by Gasteiger charge is -1.82. The molecule has 0 amide bonds. The van der Waals surface area contributed by atoms with Gasteiger partial charge in [-0.25, -0.2) is 4.57 Å². The fourth-order valence-corrected chi connectivity index (χ4v) is 0. The fraction of sp³-hybridized carbons (Fsp3) is 0. The maximum absolute atomic E-state index is 8.88. The SMILES string of the molecule is C=C[SiH3].O=P(O)(O)O. The Morgan fingerprint density at radius 3 is 1.50 bits per heavy atom. The largest absolute Gasteiger partial charge is 0.466 e. The van der Waals surface area contributed by atoms with Gasteiger partial charge in [0.1, 0.15) is 0 Å². The van der Waals surface area contributed by atoms with Crippen LogP contribution in [0.4, 0.5) is 0 Å². The number of hydrogen-bond donors (Lipinski definition) is 3. The second kappa shape index (κ2) is 5.21. The Hall–Kier alpha value is 0.0669. The number of hydrogen-bond acceptors (Lipinski definition) is 1. The van der Waals surface area contributed by atoms with Crippen molar-refractivity contribution in [1.82, 2.24) is 0 Å². The summed E-state index contributed by atoms with van der Waals surface area (Å²) in [6, 6.07) is 0. The smallest absolute Gasteiger partial charge is 0.303 e. The molecule has 0 aliphatic heterocycles. The Morgan fingerprint density at radius 1 is 1.50 bits per heavy atom. The molecule has 0 aromatic carbocycles. The first-order valence-corrected chi connectivity index (χ1v) is 4.49. The molecular formula is C2H9O4PSi. The molecule has 0 atom stereocenters. The van der Waals surface area contributed by atoms with E-state index in [1.54, 1.807) is 0 Å². The Bertz CT molecular complexity index is 87.9. The molecule has 8 heavy (non-hydrogen) atoms. The van der Waals surface area contributed by atoms with E-state index in [4.69, 9.17) is 19.2 Å². The van der Waals surface area contributed by atoms with E-state index in [-0.39, 0.29) is 0 Å². The van der Waals surface area contributed by atoms with E-state index in [1.807, 2.05) is 5.70 Å². The van der Waals surface area contributed by atoms with Gasteiger partial charge in [-0.2, -0.15) is 0 Å². The Kier molecular flexibility index (Phi) is 7.13. The van der Waals surface area contributed by atoms with Crippen molar-refractivity contribution in [3.63, 3.8) is 0 Å². The topological polar surface area (TPSA) is 77.8 Å². The van der Waals surface area contributed by atoms with Gasteiger partial charge in [0.15, 0.2) is 0 Å². The van der Waals surface area contributed by atoms with E-state index in [0.717, 1.165) is 10.2 Å². The lowest BCUT2D eigenvalue weighted by Crippen LogP contribution is -1.66. The molecule has 6 heteroatoms. The summed E-state index contributed by atoms with van der Waals surface area (Å²) < 4.78 is 8.88. The lowest BCUT2D eigenvalue weighted by atomic mass is 11.3. The van der Waals surface area contributed by atoms with Crippen molar-refractivity contribution in [1.29, 1.82) is 0 Å². The molecule has 4 nitrogen and oxygen atoms in total. The van der Waals surface area contributed by atoms with Gasteiger partial charge >= 0.3 is 7.82 Å². The second-order valence-corrected chi connectivity index (χ2v) is 2.76. The molecule has 0 aliphatic rings. The second-order valence-electron chi connectivity index (χ2n) is 0.922. The van der Waals surface area contributed by atoms with Crippen molar-refractivity contribution in [3.05, 3.63) is 12.3 Å². The van der Waals surface area contributed by atoms with Gasteiger partial charge in [-0.3, -0.25) is 0 Å². The van der Waals surface area contributed by atoms with Crippen molar-refractivity contribution >= 4 is 18.1 Å². The molecule has 0 aromatic heterocycles. The van der Waals surface area contributed by atoms with Crippen molar-refractivity contribution in [3.8, 4) is 0 Å². The van der Waals surface area contributed by atoms with Crippen LogP contribution in [0.3, 0.4) is 0 Å². The summed E-state index contributed by atoms with van der Waals surface area (Å²) >= 11 is 0. The van der Waals surface area contributed by atoms with Gasteiger partial charge in [-0.1, -0.05) is 0 Å². The van der Waals surface area contributed by atoms with Gasteiger partial charge in [0, 0.05) is 10.2 Å². The van der Waals surface area contributed by atoms with Gasteiger partial charge in [0.25, 0.3) is 0 Å². The first-order valence-electron chi connectivity index (χ1n) is 1.77. The zero-order valence-electron chi connectivity index (χ0n) is 4.48. The fourth-order valence-electron chi connectivity index (χ4n) is 0. The molecule has 0 saturated heterocycles. The van der Waals surface area contributed by atoms with Gasteiger partial charge in [-0.15, -0.1) is 12.3 Å². The summed E-state index contributed by atoms with van der Waals surface area (Å²) in [5, 5.41) is 0. The summed E-state index contributed by atoms with van der Waals surface area (Å²) in [4.78, 5) is 21.6. The standard InChI is InChI=1S/C2H6Si.H3O4P/c1-2-3;1-5(2,3)4/h2H,1H2,3H3;(H3,1,2,3,4). The highest BCUT2D eigenvalue weighted by Crippen LogP contribution is 2.25. The summed E-state index contributed by atoms with van der Waals surface area (Å²) in [5.41, 5.74) is 1.89. The number of phosphoric acid groups is 1. The van der Waals surface area contributed by atoms with E-state index in [9.17, 15) is 0 Å². The van der Waals surface area contributed by atoms with Crippen LogP contribution in [0.25, 0.3) is 0 Å². The minimum absolute atomic E-state index is 1.13. The van der Waals surface area contributed by atoms with Crippen molar-refractivity contribution < 1.29 is 19.2 Å². The molecule has 0 bridgehead atoms. The zero-order chi connectivity index (χ0) is 7.21. The van der Waals surface area contributed by atoms with Crippen LogP contribution in [0.1, 0.15) is 0 Å². The minimum Gasteiger partial charge on any atom is -0.303 e. The average Bonchev–Trinajstić information content (AvgIpc) is 1.27. The Balaban J connectivity index is 0. The molecule has 0 aromatic rings. The highest BCUT2D eigenvalue weighted by Gasteiger charge is 2.00. The van der Waals surface area contributed by atoms with Gasteiger partial charge < -0.3 is 14.7 Å². The van der Waals surface area contributed by atoms with E-state index < -0.39 is 7.82 Å². The third-order valence-electron chi connectivity index (χ3n) is 0. The third kappa shape index (κ3) is 34800. The molecule has 0 unspecified atom stereocenters. The van der Waals surface area contributed by atoms with Crippen LogP contribution in [-0.2, 0) is 4.57 Å². The normalized spacial score (nSPS) is 9.38. The zero-order valence-corrected chi connectivity index (χ0v) is 7.38. The molecular weight excluding hydrogens is 147 g/mol. The molecule has 0 aliphatic carbocycles. The van der Waals surface area contributed by atoms with Crippen molar-refractivity contribution in [2.45, 2.75) is 0 Å². The van der Waals surface area contributed by atoms with E-state index in [1.165, 1.54) is 0 Å². The first-order chi connectivity index (χ1) is 3.41. The lowest BCUT2D eigenvalue weighted by molar-refractivity contribution is 0.275. The summed E-state index contributed by atoms with van der Waals surface area (Å²) in [5.74, 6) is 0. The van der Waals surface area contributed by atoms with E-state index >= 15 is 0 Å².